The second kappa shape index (κ2) is 3.95. The lowest BCUT2D eigenvalue weighted by Crippen LogP contribution is -2.01. The summed E-state index contributed by atoms with van der Waals surface area (Å²) in [6.45, 7) is 0. The number of rotatable bonds is 3. The van der Waals surface area contributed by atoms with Gasteiger partial charge in [-0.1, -0.05) is 11.6 Å². The minimum absolute atomic E-state index is 0.122. The van der Waals surface area contributed by atoms with E-state index in [4.69, 9.17) is 16.2 Å². The predicted molar refractivity (Wildman–Crippen MR) is 51.0 cm³/mol. The molecule has 1 aromatic rings. The molecule has 76 valence electrons. The first-order valence-electron chi connectivity index (χ1n) is 3.42. The van der Waals surface area contributed by atoms with Gasteiger partial charge in [0.2, 0.25) is 6.41 Å². The Bertz CT molecular complexity index is 457. The minimum Gasteiger partial charge on any atom is -0.327 e. The molecule has 7 heteroatoms. The molecule has 0 aliphatic carbocycles. The predicted octanol–water partition coefficient (Wildman–Crippen LogP) is 1.16. The van der Waals surface area contributed by atoms with Crippen LogP contribution in [0.5, 0.6) is 0 Å². The number of halogens is 1. The van der Waals surface area contributed by atoms with E-state index < -0.39 is 10.1 Å². The van der Waals surface area contributed by atoms with Gasteiger partial charge < -0.3 is 5.32 Å². The maximum atomic E-state index is 10.7. The van der Waals surface area contributed by atoms with E-state index in [1.807, 2.05) is 0 Å². The number of carbonyl (C=O) groups is 1. The van der Waals surface area contributed by atoms with Crippen LogP contribution in [0, 0.1) is 0 Å². The fourth-order valence-electron chi connectivity index (χ4n) is 0.839. The van der Waals surface area contributed by atoms with E-state index in [9.17, 15) is 13.2 Å². The van der Waals surface area contributed by atoms with Crippen molar-refractivity contribution < 1.29 is 17.8 Å². The van der Waals surface area contributed by atoms with Gasteiger partial charge in [0.05, 0.1) is 15.6 Å². The van der Waals surface area contributed by atoms with Gasteiger partial charge in [-0.05, 0) is 18.2 Å². The number of hydrogen-bond donors (Lipinski definition) is 2. The Balaban J connectivity index is 3.26. The van der Waals surface area contributed by atoms with Crippen molar-refractivity contribution in [1.29, 1.82) is 0 Å². The quantitative estimate of drug-likeness (QED) is 0.608. The zero-order chi connectivity index (χ0) is 10.8. The van der Waals surface area contributed by atoms with E-state index in [1.54, 1.807) is 0 Å². The van der Waals surface area contributed by atoms with E-state index in [0.29, 0.717) is 6.41 Å². The van der Waals surface area contributed by atoms with Crippen LogP contribution in [-0.2, 0) is 14.9 Å². The van der Waals surface area contributed by atoms with E-state index in [2.05, 4.69) is 5.32 Å². The highest BCUT2D eigenvalue weighted by atomic mass is 35.5. The van der Waals surface area contributed by atoms with Crippen LogP contribution in [-0.4, -0.2) is 19.4 Å². The van der Waals surface area contributed by atoms with Crippen molar-refractivity contribution in [2.45, 2.75) is 4.90 Å². The average Bonchev–Trinajstić information content (AvgIpc) is 2.07. The number of hydrogen-bond acceptors (Lipinski definition) is 3. The molecule has 0 fully saturated rings. The molecule has 0 atom stereocenters. The van der Waals surface area contributed by atoms with Crippen molar-refractivity contribution >= 4 is 33.8 Å². The van der Waals surface area contributed by atoms with Crippen LogP contribution in [0.2, 0.25) is 5.02 Å². The van der Waals surface area contributed by atoms with Crippen molar-refractivity contribution in [1.82, 2.24) is 0 Å². The molecule has 0 unspecified atom stereocenters. The molecule has 1 aromatic carbocycles. The first-order chi connectivity index (χ1) is 6.45. The second-order valence-electron chi connectivity index (χ2n) is 2.38. The Morgan fingerprint density at radius 1 is 1.43 bits per heavy atom. The normalized spacial score (nSPS) is 11.0. The van der Waals surface area contributed by atoms with Crippen LogP contribution in [0.1, 0.15) is 0 Å². The maximum Gasteiger partial charge on any atom is 0.294 e. The average molecular weight is 236 g/mol. The summed E-state index contributed by atoms with van der Waals surface area (Å²) in [6.07, 6.45) is 0.356. The number of carbonyl (C=O) groups excluding carboxylic acids is 1. The van der Waals surface area contributed by atoms with Crippen LogP contribution in [0.15, 0.2) is 23.1 Å². The van der Waals surface area contributed by atoms with Crippen molar-refractivity contribution in [2.24, 2.45) is 0 Å². The molecular formula is C7H6ClNO4S. The molecule has 0 radical (unpaired) electrons. The fourth-order valence-corrected chi connectivity index (χ4v) is 1.52. The maximum absolute atomic E-state index is 10.7. The molecule has 5 nitrogen and oxygen atoms in total. The van der Waals surface area contributed by atoms with Gasteiger partial charge >= 0.3 is 0 Å². The third kappa shape index (κ3) is 2.44. The molecule has 0 spiro atoms. The van der Waals surface area contributed by atoms with Crippen LogP contribution in [0.3, 0.4) is 0 Å². The second-order valence-corrected chi connectivity index (χ2v) is 4.21. The highest BCUT2D eigenvalue weighted by Crippen LogP contribution is 2.24. The molecule has 0 aliphatic rings. The zero-order valence-corrected chi connectivity index (χ0v) is 8.34. The van der Waals surface area contributed by atoms with Crippen LogP contribution >= 0.6 is 11.6 Å². The number of nitrogens with one attached hydrogen (secondary N) is 1. The van der Waals surface area contributed by atoms with Gasteiger partial charge in [0.1, 0.15) is 0 Å². The largest absolute Gasteiger partial charge is 0.327 e. The van der Waals surface area contributed by atoms with E-state index >= 15 is 0 Å². The molecule has 1 rings (SSSR count). The Morgan fingerprint density at radius 2 is 2.07 bits per heavy atom. The summed E-state index contributed by atoms with van der Waals surface area (Å²) in [5, 5.41) is 2.38. The smallest absolute Gasteiger partial charge is 0.294 e. The fraction of sp³-hybridized carbons (Fsp3) is 0. The topological polar surface area (TPSA) is 83.5 Å². The third-order valence-electron chi connectivity index (χ3n) is 1.45. The Labute approximate surface area is 85.4 Å². The van der Waals surface area contributed by atoms with Gasteiger partial charge in [-0.3, -0.25) is 9.35 Å². The molecule has 2 N–H and O–H groups in total. The SMILES string of the molecule is O=CNc1cc(S(=O)(=O)O)ccc1Cl. The number of benzene rings is 1. The zero-order valence-electron chi connectivity index (χ0n) is 6.77. The molecular weight excluding hydrogens is 230 g/mol. The molecule has 0 heterocycles. The highest BCUT2D eigenvalue weighted by molar-refractivity contribution is 7.85. The van der Waals surface area contributed by atoms with Crippen molar-refractivity contribution in [2.75, 3.05) is 5.32 Å². The van der Waals surface area contributed by atoms with Gasteiger partial charge in [-0.25, -0.2) is 0 Å². The lowest BCUT2D eigenvalue weighted by Gasteiger charge is -2.03. The summed E-state index contributed by atoms with van der Waals surface area (Å²) in [7, 11) is -4.27. The van der Waals surface area contributed by atoms with Crippen molar-refractivity contribution in [3.05, 3.63) is 23.2 Å². The lowest BCUT2D eigenvalue weighted by molar-refractivity contribution is -0.105. The lowest BCUT2D eigenvalue weighted by atomic mass is 10.3. The summed E-state index contributed by atoms with van der Waals surface area (Å²) in [5.74, 6) is 0. The number of anilines is 1. The van der Waals surface area contributed by atoms with Gasteiger partial charge in [0, 0.05) is 0 Å². The minimum atomic E-state index is -4.27. The van der Waals surface area contributed by atoms with Crippen molar-refractivity contribution in [3.63, 3.8) is 0 Å². The van der Waals surface area contributed by atoms with Crippen LogP contribution in [0.25, 0.3) is 0 Å². The summed E-state index contributed by atoms with van der Waals surface area (Å²) >= 11 is 5.63. The molecule has 1 amide bonds. The van der Waals surface area contributed by atoms with Gasteiger partial charge in [0.25, 0.3) is 10.1 Å². The summed E-state index contributed by atoms with van der Waals surface area (Å²) in [4.78, 5) is 9.78. The van der Waals surface area contributed by atoms with Crippen LogP contribution < -0.4 is 5.32 Å². The molecule has 0 saturated heterocycles. The summed E-state index contributed by atoms with van der Waals surface area (Å²) < 4.78 is 30.1. The van der Waals surface area contributed by atoms with Gasteiger partial charge in [0.15, 0.2) is 0 Å². The van der Waals surface area contributed by atoms with Gasteiger partial charge in [-0.2, -0.15) is 8.42 Å². The molecule has 0 saturated carbocycles. The Kier molecular flexibility index (Phi) is 3.10. The third-order valence-corrected chi connectivity index (χ3v) is 2.63. The Morgan fingerprint density at radius 3 is 2.57 bits per heavy atom. The summed E-state index contributed by atoms with van der Waals surface area (Å²) in [5.41, 5.74) is 0.122. The standard InChI is InChI=1S/C7H6ClNO4S/c8-6-2-1-5(14(11,12)13)3-7(6)9-4-10/h1-4H,(H,9,10)(H,11,12,13). The first kappa shape index (κ1) is 11.0. The van der Waals surface area contributed by atoms with Crippen molar-refractivity contribution in [3.8, 4) is 0 Å². The molecule has 0 aliphatic heterocycles. The highest BCUT2D eigenvalue weighted by Gasteiger charge is 2.11. The van der Waals surface area contributed by atoms with Gasteiger partial charge in [-0.15, -0.1) is 0 Å². The van der Waals surface area contributed by atoms with E-state index in [-0.39, 0.29) is 15.6 Å². The van der Waals surface area contributed by atoms with Crippen LogP contribution in [0.4, 0.5) is 5.69 Å². The van der Waals surface area contributed by atoms with E-state index in [1.165, 1.54) is 6.07 Å². The first-order valence-corrected chi connectivity index (χ1v) is 5.24. The summed E-state index contributed by atoms with van der Waals surface area (Å²) in [6, 6.07) is 3.45. The molecule has 0 aromatic heterocycles. The molecule has 14 heavy (non-hydrogen) atoms. The van der Waals surface area contributed by atoms with E-state index in [0.717, 1.165) is 12.1 Å². The Hall–Kier alpha value is -1.11. The monoisotopic (exact) mass is 235 g/mol. The molecule has 0 bridgehead atoms. The number of amides is 1.